The van der Waals surface area contributed by atoms with Gasteiger partial charge in [-0.05, 0) is 17.2 Å². The van der Waals surface area contributed by atoms with E-state index in [2.05, 4.69) is 0 Å². The molecule has 0 saturated carbocycles. The van der Waals surface area contributed by atoms with Crippen molar-refractivity contribution >= 4 is 17.6 Å². The van der Waals surface area contributed by atoms with E-state index in [4.69, 9.17) is 10.8 Å². The quantitative estimate of drug-likeness (QED) is 0.750. The molecule has 1 aliphatic heterocycles. The fourth-order valence-electron chi connectivity index (χ4n) is 1.83. The standard InChI is InChI=1S/C11H12N2O3/c1-13-8-3-2-6(10(12)11(15)16)4-7(8)5-9(13)14/h2-4,10H,5,12H2,1H3,(H,15,16). The summed E-state index contributed by atoms with van der Waals surface area (Å²) in [6.45, 7) is 0. The lowest BCUT2D eigenvalue weighted by Crippen LogP contribution is -2.21. The third-order valence-corrected chi connectivity index (χ3v) is 2.81. The second-order valence-corrected chi connectivity index (χ2v) is 3.83. The molecule has 1 aromatic carbocycles. The molecule has 5 heteroatoms. The molecule has 2 rings (SSSR count). The van der Waals surface area contributed by atoms with Crippen LogP contribution < -0.4 is 10.6 Å². The first-order chi connectivity index (χ1) is 7.50. The first-order valence-electron chi connectivity index (χ1n) is 4.88. The maximum absolute atomic E-state index is 11.4. The lowest BCUT2D eigenvalue weighted by molar-refractivity contribution is -0.138. The molecule has 1 aliphatic rings. The molecule has 16 heavy (non-hydrogen) atoms. The van der Waals surface area contributed by atoms with Gasteiger partial charge in [0.2, 0.25) is 5.91 Å². The first-order valence-corrected chi connectivity index (χ1v) is 4.88. The molecule has 1 atom stereocenters. The Morgan fingerprint density at radius 3 is 2.88 bits per heavy atom. The number of anilines is 1. The molecule has 0 radical (unpaired) electrons. The lowest BCUT2D eigenvalue weighted by Gasteiger charge is -2.12. The third-order valence-electron chi connectivity index (χ3n) is 2.81. The fraction of sp³-hybridized carbons (Fsp3) is 0.273. The smallest absolute Gasteiger partial charge is 0.325 e. The summed E-state index contributed by atoms with van der Waals surface area (Å²) in [4.78, 5) is 23.7. The van der Waals surface area contributed by atoms with Gasteiger partial charge < -0.3 is 15.7 Å². The van der Waals surface area contributed by atoms with E-state index in [1.54, 1.807) is 30.1 Å². The molecule has 0 saturated heterocycles. The molecule has 0 aromatic heterocycles. The summed E-state index contributed by atoms with van der Waals surface area (Å²) < 4.78 is 0. The van der Waals surface area contributed by atoms with Gasteiger partial charge >= 0.3 is 5.97 Å². The SMILES string of the molecule is CN1C(=O)Cc2cc(C(N)C(=O)O)ccc21. The number of fused-ring (bicyclic) bond motifs is 1. The van der Waals surface area contributed by atoms with Crippen molar-refractivity contribution in [3.63, 3.8) is 0 Å². The fourth-order valence-corrected chi connectivity index (χ4v) is 1.83. The van der Waals surface area contributed by atoms with Crippen molar-refractivity contribution < 1.29 is 14.7 Å². The lowest BCUT2D eigenvalue weighted by atomic mass is 10.0. The molecular weight excluding hydrogens is 208 g/mol. The highest BCUT2D eigenvalue weighted by molar-refractivity contribution is 6.01. The zero-order valence-electron chi connectivity index (χ0n) is 8.80. The first kappa shape index (κ1) is 10.6. The van der Waals surface area contributed by atoms with Crippen LogP contribution in [0.2, 0.25) is 0 Å². The summed E-state index contributed by atoms with van der Waals surface area (Å²) >= 11 is 0. The molecule has 0 bridgehead atoms. The minimum Gasteiger partial charge on any atom is -0.480 e. The zero-order chi connectivity index (χ0) is 11.9. The van der Waals surface area contributed by atoms with Gasteiger partial charge in [-0.1, -0.05) is 12.1 Å². The minimum atomic E-state index is -1.07. The second kappa shape index (κ2) is 3.61. The second-order valence-electron chi connectivity index (χ2n) is 3.83. The number of hydrogen-bond acceptors (Lipinski definition) is 3. The van der Waals surface area contributed by atoms with E-state index in [1.165, 1.54) is 0 Å². The molecule has 0 fully saturated rings. The summed E-state index contributed by atoms with van der Waals surface area (Å²) in [6, 6.07) is 4.03. The average molecular weight is 220 g/mol. The van der Waals surface area contributed by atoms with Crippen LogP contribution in [0.25, 0.3) is 0 Å². The summed E-state index contributed by atoms with van der Waals surface area (Å²) in [6.07, 6.45) is 0.312. The number of aliphatic carboxylic acids is 1. The van der Waals surface area contributed by atoms with Gasteiger partial charge in [0.25, 0.3) is 0 Å². The van der Waals surface area contributed by atoms with Crippen molar-refractivity contribution in [2.45, 2.75) is 12.5 Å². The Morgan fingerprint density at radius 2 is 2.25 bits per heavy atom. The number of carboxylic acid groups (broad SMARTS) is 1. The number of benzene rings is 1. The van der Waals surface area contributed by atoms with Gasteiger partial charge in [0, 0.05) is 12.7 Å². The minimum absolute atomic E-state index is 0.0102. The molecule has 84 valence electrons. The van der Waals surface area contributed by atoms with E-state index in [9.17, 15) is 9.59 Å². The highest BCUT2D eigenvalue weighted by atomic mass is 16.4. The van der Waals surface area contributed by atoms with Crippen LogP contribution in [-0.4, -0.2) is 24.0 Å². The Bertz CT molecular complexity index is 470. The average Bonchev–Trinajstić information content (AvgIpc) is 2.53. The monoisotopic (exact) mass is 220 g/mol. The molecular formula is C11H12N2O3. The highest BCUT2D eigenvalue weighted by Crippen LogP contribution is 2.29. The highest BCUT2D eigenvalue weighted by Gasteiger charge is 2.25. The molecule has 3 N–H and O–H groups in total. The van der Waals surface area contributed by atoms with Gasteiger partial charge in [-0.3, -0.25) is 9.59 Å². The molecule has 5 nitrogen and oxygen atoms in total. The van der Waals surface area contributed by atoms with Crippen molar-refractivity contribution in [1.29, 1.82) is 0 Å². The van der Waals surface area contributed by atoms with E-state index < -0.39 is 12.0 Å². The molecule has 1 aromatic rings. The third kappa shape index (κ3) is 1.55. The maximum Gasteiger partial charge on any atom is 0.325 e. The van der Waals surface area contributed by atoms with Crippen LogP contribution >= 0.6 is 0 Å². The Morgan fingerprint density at radius 1 is 1.56 bits per heavy atom. The summed E-state index contributed by atoms with van der Waals surface area (Å²) in [5, 5.41) is 8.79. The maximum atomic E-state index is 11.4. The summed E-state index contributed by atoms with van der Waals surface area (Å²) in [5.74, 6) is -1.06. The van der Waals surface area contributed by atoms with Gasteiger partial charge in [0.15, 0.2) is 0 Å². The van der Waals surface area contributed by atoms with E-state index in [-0.39, 0.29) is 5.91 Å². The predicted molar refractivity (Wildman–Crippen MR) is 58.1 cm³/mol. The number of likely N-dealkylation sites (N-methyl/N-ethyl adjacent to an activating group) is 1. The van der Waals surface area contributed by atoms with Crippen LogP contribution in [0.1, 0.15) is 17.2 Å². The largest absolute Gasteiger partial charge is 0.480 e. The normalized spacial score (nSPS) is 16.1. The number of amides is 1. The zero-order valence-corrected chi connectivity index (χ0v) is 8.80. The summed E-state index contributed by atoms with van der Waals surface area (Å²) in [7, 11) is 1.70. The van der Waals surface area contributed by atoms with Crippen LogP contribution in [0.3, 0.4) is 0 Å². The van der Waals surface area contributed by atoms with Crippen LogP contribution in [0.4, 0.5) is 5.69 Å². The van der Waals surface area contributed by atoms with Crippen molar-refractivity contribution in [3.8, 4) is 0 Å². The van der Waals surface area contributed by atoms with Crippen LogP contribution in [-0.2, 0) is 16.0 Å². The van der Waals surface area contributed by atoms with Gasteiger partial charge in [-0.2, -0.15) is 0 Å². The Hall–Kier alpha value is -1.88. The van der Waals surface area contributed by atoms with Gasteiger partial charge in [-0.15, -0.1) is 0 Å². The topological polar surface area (TPSA) is 83.6 Å². The molecule has 1 heterocycles. The van der Waals surface area contributed by atoms with Crippen molar-refractivity contribution in [1.82, 2.24) is 0 Å². The van der Waals surface area contributed by atoms with Crippen molar-refractivity contribution in [3.05, 3.63) is 29.3 Å². The van der Waals surface area contributed by atoms with Crippen LogP contribution in [0.15, 0.2) is 18.2 Å². The van der Waals surface area contributed by atoms with Gasteiger partial charge in [-0.25, -0.2) is 0 Å². The van der Waals surface area contributed by atoms with E-state index in [0.717, 1.165) is 11.3 Å². The van der Waals surface area contributed by atoms with Crippen LogP contribution in [0.5, 0.6) is 0 Å². The molecule has 1 unspecified atom stereocenters. The number of carboxylic acids is 1. The summed E-state index contributed by atoms with van der Waals surface area (Å²) in [5.41, 5.74) is 7.69. The van der Waals surface area contributed by atoms with E-state index >= 15 is 0 Å². The number of carbonyl (C=O) groups is 2. The molecule has 0 spiro atoms. The number of hydrogen-bond donors (Lipinski definition) is 2. The van der Waals surface area contributed by atoms with Crippen molar-refractivity contribution in [2.24, 2.45) is 5.73 Å². The number of carbonyl (C=O) groups excluding carboxylic acids is 1. The van der Waals surface area contributed by atoms with Crippen LogP contribution in [0, 0.1) is 0 Å². The number of nitrogens with two attached hydrogens (primary N) is 1. The van der Waals surface area contributed by atoms with E-state index in [0.29, 0.717) is 12.0 Å². The Kier molecular flexibility index (Phi) is 2.40. The van der Waals surface area contributed by atoms with Gasteiger partial charge in [0.05, 0.1) is 6.42 Å². The Labute approximate surface area is 92.5 Å². The van der Waals surface area contributed by atoms with Gasteiger partial charge in [0.1, 0.15) is 6.04 Å². The Balaban J connectivity index is 2.39. The van der Waals surface area contributed by atoms with Crippen molar-refractivity contribution in [2.75, 3.05) is 11.9 Å². The van der Waals surface area contributed by atoms with E-state index in [1.807, 2.05) is 0 Å². The molecule has 1 amide bonds. The molecule has 0 aliphatic carbocycles. The number of nitrogens with zero attached hydrogens (tertiary/aromatic N) is 1. The number of rotatable bonds is 2. The predicted octanol–water partition coefficient (Wildman–Crippen LogP) is 0.290.